The summed E-state index contributed by atoms with van der Waals surface area (Å²) in [6.45, 7) is 0.461. The minimum atomic E-state index is 0.461. The van der Waals surface area contributed by atoms with Crippen LogP contribution in [0.2, 0.25) is 0 Å². The fourth-order valence-electron chi connectivity index (χ4n) is 3.11. The molecule has 1 unspecified atom stereocenters. The van der Waals surface area contributed by atoms with Gasteiger partial charge in [-0.1, -0.05) is 54.7 Å². The molecule has 0 heterocycles. The lowest BCUT2D eigenvalue weighted by Crippen LogP contribution is -2.04. The molecule has 1 atom stereocenters. The van der Waals surface area contributed by atoms with Crippen molar-refractivity contribution in [3.8, 4) is 0 Å². The van der Waals surface area contributed by atoms with Gasteiger partial charge in [-0.2, -0.15) is 0 Å². The van der Waals surface area contributed by atoms with E-state index in [1.54, 1.807) is 0 Å². The molecule has 4 N–H and O–H groups in total. The number of benzene rings is 1. The van der Waals surface area contributed by atoms with E-state index in [9.17, 15) is 0 Å². The van der Waals surface area contributed by atoms with Crippen molar-refractivity contribution in [2.75, 3.05) is 6.54 Å². The molecule has 0 saturated carbocycles. The van der Waals surface area contributed by atoms with Gasteiger partial charge in [0.15, 0.2) is 0 Å². The highest BCUT2D eigenvalue weighted by Crippen LogP contribution is 2.31. The zero-order valence-corrected chi connectivity index (χ0v) is 13.4. The van der Waals surface area contributed by atoms with Crippen molar-refractivity contribution in [3.63, 3.8) is 0 Å². The Kier molecular flexibility index (Phi) is 4.94. The highest BCUT2D eigenvalue weighted by molar-refractivity contribution is 5.77. The molecule has 0 aliphatic heterocycles. The Labute approximate surface area is 138 Å². The molecule has 0 saturated heterocycles. The fourth-order valence-corrected chi connectivity index (χ4v) is 3.11. The maximum atomic E-state index is 6.05. The normalized spacial score (nSPS) is 21.1. The number of hydrogen-bond acceptors (Lipinski definition) is 2. The average Bonchev–Trinajstić information content (AvgIpc) is 2.63. The third-order valence-electron chi connectivity index (χ3n) is 4.42. The van der Waals surface area contributed by atoms with E-state index >= 15 is 0 Å². The van der Waals surface area contributed by atoms with Crippen LogP contribution in [0.15, 0.2) is 72.4 Å². The van der Waals surface area contributed by atoms with Gasteiger partial charge in [0, 0.05) is 18.2 Å². The smallest absolute Gasteiger partial charge is 0.0360 e. The molecule has 0 fully saturated rings. The number of nitrogens with two attached hydrogens (primary N) is 2. The number of allylic oxidation sites excluding steroid dienone is 8. The lowest BCUT2D eigenvalue weighted by molar-refractivity contribution is 0.773. The summed E-state index contributed by atoms with van der Waals surface area (Å²) in [4.78, 5) is 0. The van der Waals surface area contributed by atoms with Gasteiger partial charge in [-0.05, 0) is 53.7 Å². The van der Waals surface area contributed by atoms with Gasteiger partial charge in [-0.3, -0.25) is 0 Å². The molecule has 1 aromatic carbocycles. The van der Waals surface area contributed by atoms with Crippen LogP contribution in [0.5, 0.6) is 0 Å². The van der Waals surface area contributed by atoms with E-state index < -0.39 is 0 Å². The number of hydrogen-bond donors (Lipinski definition) is 2. The van der Waals surface area contributed by atoms with E-state index in [2.05, 4.69) is 54.7 Å². The Balaban J connectivity index is 1.77. The van der Waals surface area contributed by atoms with Crippen molar-refractivity contribution in [2.45, 2.75) is 19.3 Å². The minimum Gasteiger partial charge on any atom is -0.398 e. The molecule has 0 bridgehead atoms. The maximum Gasteiger partial charge on any atom is 0.0360 e. The van der Waals surface area contributed by atoms with Crippen molar-refractivity contribution in [3.05, 3.63) is 83.5 Å². The second-order valence-electron chi connectivity index (χ2n) is 6.02. The summed E-state index contributed by atoms with van der Waals surface area (Å²) in [7, 11) is 0. The monoisotopic (exact) mass is 304 g/mol. The van der Waals surface area contributed by atoms with E-state index in [1.807, 2.05) is 12.1 Å². The molecule has 2 aliphatic carbocycles. The molecule has 2 aliphatic rings. The SMILES string of the molecule is NC/C=C(\N)c1cccc(C2=CCC(C3=CCCC=C3)C=C2)c1. The van der Waals surface area contributed by atoms with Crippen molar-refractivity contribution >= 4 is 11.3 Å². The summed E-state index contributed by atoms with van der Waals surface area (Å²) in [6.07, 6.45) is 19.1. The lowest BCUT2D eigenvalue weighted by atomic mass is 9.85. The van der Waals surface area contributed by atoms with Crippen molar-refractivity contribution in [1.29, 1.82) is 0 Å². The average molecular weight is 304 g/mol. The molecule has 2 nitrogen and oxygen atoms in total. The van der Waals surface area contributed by atoms with E-state index in [0.29, 0.717) is 12.5 Å². The minimum absolute atomic E-state index is 0.461. The molecular formula is C21H24N2. The molecule has 0 aromatic heterocycles. The summed E-state index contributed by atoms with van der Waals surface area (Å²) in [5, 5.41) is 0. The molecule has 23 heavy (non-hydrogen) atoms. The molecule has 0 amide bonds. The molecule has 118 valence electrons. The van der Waals surface area contributed by atoms with E-state index in [-0.39, 0.29) is 0 Å². The van der Waals surface area contributed by atoms with Gasteiger partial charge in [-0.15, -0.1) is 0 Å². The van der Waals surface area contributed by atoms with Crippen molar-refractivity contribution in [2.24, 2.45) is 17.4 Å². The Morgan fingerprint density at radius 2 is 2.09 bits per heavy atom. The van der Waals surface area contributed by atoms with Gasteiger partial charge in [0.1, 0.15) is 0 Å². The van der Waals surface area contributed by atoms with E-state index in [0.717, 1.165) is 17.7 Å². The van der Waals surface area contributed by atoms with Crippen LogP contribution in [0, 0.1) is 5.92 Å². The van der Waals surface area contributed by atoms with Crippen molar-refractivity contribution in [1.82, 2.24) is 0 Å². The predicted molar refractivity (Wildman–Crippen MR) is 99.3 cm³/mol. The van der Waals surface area contributed by atoms with Crippen molar-refractivity contribution < 1.29 is 0 Å². The Morgan fingerprint density at radius 1 is 1.17 bits per heavy atom. The Morgan fingerprint density at radius 3 is 2.78 bits per heavy atom. The quantitative estimate of drug-likeness (QED) is 0.876. The molecule has 3 rings (SSSR count). The second kappa shape index (κ2) is 7.30. The summed E-state index contributed by atoms with van der Waals surface area (Å²) in [5.74, 6) is 0.515. The molecular weight excluding hydrogens is 280 g/mol. The molecule has 1 aromatic rings. The highest BCUT2D eigenvalue weighted by atomic mass is 14.6. The summed E-state index contributed by atoms with van der Waals surface area (Å²) in [6, 6.07) is 8.35. The highest BCUT2D eigenvalue weighted by Gasteiger charge is 2.14. The first-order valence-corrected chi connectivity index (χ1v) is 8.29. The van der Waals surface area contributed by atoms with Crippen LogP contribution >= 0.6 is 0 Å². The van der Waals surface area contributed by atoms with E-state index in [4.69, 9.17) is 11.5 Å². The van der Waals surface area contributed by atoms with Crippen LogP contribution in [0.3, 0.4) is 0 Å². The Hall–Kier alpha value is -2.32. The van der Waals surface area contributed by atoms with Crippen LogP contribution < -0.4 is 11.5 Å². The first-order valence-electron chi connectivity index (χ1n) is 8.29. The van der Waals surface area contributed by atoms with Crippen LogP contribution in [-0.4, -0.2) is 6.54 Å². The zero-order chi connectivity index (χ0) is 16.1. The maximum absolute atomic E-state index is 6.05. The summed E-state index contributed by atoms with van der Waals surface area (Å²) in [5.41, 5.74) is 17.3. The predicted octanol–water partition coefficient (Wildman–Crippen LogP) is 4.18. The molecule has 0 radical (unpaired) electrons. The van der Waals surface area contributed by atoms with Gasteiger partial charge in [0.2, 0.25) is 0 Å². The third-order valence-corrected chi connectivity index (χ3v) is 4.42. The molecule has 2 heteroatoms. The zero-order valence-electron chi connectivity index (χ0n) is 13.4. The molecule has 0 spiro atoms. The van der Waals surface area contributed by atoms with Gasteiger partial charge < -0.3 is 11.5 Å². The summed E-state index contributed by atoms with van der Waals surface area (Å²) >= 11 is 0. The number of rotatable bonds is 4. The first-order chi connectivity index (χ1) is 11.3. The van der Waals surface area contributed by atoms with Crippen LogP contribution in [0.1, 0.15) is 30.4 Å². The van der Waals surface area contributed by atoms with E-state index in [1.165, 1.54) is 29.6 Å². The van der Waals surface area contributed by atoms with Crippen LogP contribution in [0.4, 0.5) is 0 Å². The first kappa shape index (κ1) is 15.6. The largest absolute Gasteiger partial charge is 0.398 e. The standard InChI is InChI=1S/C21H24N2/c22-14-13-21(23)20-8-4-7-19(15-20)18-11-9-17(10-12-18)16-5-2-1-3-6-16/h2,4-9,11-13,15,17H,1,3,10,14,22-23H2/b21-13-. The fraction of sp³-hybridized carbons (Fsp3) is 0.238. The Bertz CT molecular complexity index is 717. The van der Waals surface area contributed by atoms with Gasteiger partial charge >= 0.3 is 0 Å². The van der Waals surface area contributed by atoms with Crippen LogP contribution in [0.25, 0.3) is 11.3 Å². The lowest BCUT2D eigenvalue weighted by Gasteiger charge is -2.19. The second-order valence-corrected chi connectivity index (χ2v) is 6.02. The van der Waals surface area contributed by atoms with Gasteiger partial charge in [0.25, 0.3) is 0 Å². The van der Waals surface area contributed by atoms with Gasteiger partial charge in [-0.25, -0.2) is 0 Å². The van der Waals surface area contributed by atoms with Gasteiger partial charge in [0.05, 0.1) is 0 Å². The third kappa shape index (κ3) is 3.72. The van der Waals surface area contributed by atoms with Crippen LogP contribution in [-0.2, 0) is 0 Å². The summed E-state index contributed by atoms with van der Waals surface area (Å²) < 4.78 is 0. The topological polar surface area (TPSA) is 52.0 Å².